The first-order chi connectivity index (χ1) is 10.3. The van der Waals surface area contributed by atoms with Gasteiger partial charge < -0.3 is 0 Å². The lowest BCUT2D eigenvalue weighted by Gasteiger charge is -2.15. The second kappa shape index (κ2) is 6.30. The van der Waals surface area contributed by atoms with Crippen LogP contribution in [-0.2, 0) is 0 Å². The molecule has 0 saturated carbocycles. The Kier molecular flexibility index (Phi) is 4.24. The summed E-state index contributed by atoms with van der Waals surface area (Å²) >= 11 is 0. The van der Waals surface area contributed by atoms with E-state index in [4.69, 9.17) is 0 Å². The lowest BCUT2D eigenvalue weighted by atomic mass is 9.90. The summed E-state index contributed by atoms with van der Waals surface area (Å²) in [5, 5.41) is 5.33. The minimum absolute atomic E-state index is 0.390. The molecule has 0 N–H and O–H groups in total. The highest BCUT2D eigenvalue weighted by molar-refractivity contribution is 5.99. The van der Waals surface area contributed by atoms with Crippen LogP contribution in [0.5, 0.6) is 0 Å². The van der Waals surface area contributed by atoms with E-state index in [0.717, 1.165) is 0 Å². The average Bonchev–Trinajstić information content (AvgIpc) is 2.52. The Hall–Kier alpha value is -1.82. The van der Waals surface area contributed by atoms with Crippen molar-refractivity contribution in [3.8, 4) is 0 Å². The fourth-order valence-corrected chi connectivity index (χ4v) is 3.14. The fourth-order valence-electron chi connectivity index (χ4n) is 3.14. The van der Waals surface area contributed by atoms with Gasteiger partial charge in [-0.05, 0) is 58.5 Å². The molecule has 0 nitrogen and oxygen atoms in total. The van der Waals surface area contributed by atoms with Crippen LogP contribution >= 0.6 is 0 Å². The molecule has 107 valence electrons. The predicted molar refractivity (Wildman–Crippen MR) is 93.7 cm³/mol. The molecule has 1 unspecified atom stereocenters. The van der Waals surface area contributed by atoms with Gasteiger partial charge in [0.15, 0.2) is 0 Å². The van der Waals surface area contributed by atoms with Crippen molar-refractivity contribution < 1.29 is 0 Å². The summed E-state index contributed by atoms with van der Waals surface area (Å²) in [7, 11) is 0. The molecule has 0 heterocycles. The molecule has 0 fully saturated rings. The van der Waals surface area contributed by atoms with Crippen molar-refractivity contribution in [2.45, 2.75) is 38.5 Å². The molecule has 0 saturated heterocycles. The van der Waals surface area contributed by atoms with Crippen molar-refractivity contribution in [2.24, 2.45) is 0 Å². The Balaban J connectivity index is 2.04. The quantitative estimate of drug-likeness (QED) is 0.368. The predicted octanol–water partition coefficient (Wildman–Crippen LogP) is 6.49. The fraction of sp³-hybridized carbons (Fsp3) is 0.286. The van der Waals surface area contributed by atoms with Crippen LogP contribution in [0.25, 0.3) is 21.5 Å². The molecular formula is C21H23. The molecule has 1 atom stereocenters. The average molecular weight is 275 g/mol. The van der Waals surface area contributed by atoms with Crippen molar-refractivity contribution in [1.82, 2.24) is 0 Å². The SMILES string of the molecule is [CH2]C(CCCCC)c1cccc2cc3ccccc3cc12. The van der Waals surface area contributed by atoms with E-state index in [9.17, 15) is 0 Å². The molecule has 3 rings (SSSR count). The highest BCUT2D eigenvalue weighted by Crippen LogP contribution is 2.31. The van der Waals surface area contributed by atoms with Gasteiger partial charge in [-0.25, -0.2) is 0 Å². The third-order valence-corrected chi connectivity index (χ3v) is 4.38. The first-order valence-electron chi connectivity index (χ1n) is 8.04. The van der Waals surface area contributed by atoms with Crippen LogP contribution in [0.15, 0.2) is 54.6 Å². The highest BCUT2D eigenvalue weighted by atomic mass is 14.1. The Morgan fingerprint density at radius 2 is 1.57 bits per heavy atom. The number of hydrogen-bond donors (Lipinski definition) is 0. The van der Waals surface area contributed by atoms with Crippen molar-refractivity contribution in [2.75, 3.05) is 0 Å². The molecule has 1 radical (unpaired) electrons. The molecular weight excluding hydrogens is 252 g/mol. The number of fused-ring (bicyclic) bond motifs is 2. The maximum Gasteiger partial charge on any atom is -0.0143 e. The zero-order valence-corrected chi connectivity index (χ0v) is 12.8. The summed E-state index contributed by atoms with van der Waals surface area (Å²) in [5.74, 6) is 0.390. The second-order valence-electron chi connectivity index (χ2n) is 5.96. The van der Waals surface area contributed by atoms with Gasteiger partial charge in [0.25, 0.3) is 0 Å². The van der Waals surface area contributed by atoms with E-state index >= 15 is 0 Å². The Morgan fingerprint density at radius 1 is 0.857 bits per heavy atom. The third-order valence-electron chi connectivity index (χ3n) is 4.38. The zero-order valence-electron chi connectivity index (χ0n) is 12.8. The first kappa shape index (κ1) is 14.1. The van der Waals surface area contributed by atoms with Crippen molar-refractivity contribution >= 4 is 21.5 Å². The highest BCUT2D eigenvalue weighted by Gasteiger charge is 2.10. The lowest BCUT2D eigenvalue weighted by Crippen LogP contribution is -1.95. The molecule has 0 aromatic heterocycles. The molecule has 0 heteroatoms. The Morgan fingerprint density at radius 3 is 2.33 bits per heavy atom. The van der Waals surface area contributed by atoms with Gasteiger partial charge in [-0.2, -0.15) is 0 Å². The van der Waals surface area contributed by atoms with Crippen LogP contribution in [0.4, 0.5) is 0 Å². The van der Waals surface area contributed by atoms with Crippen LogP contribution < -0.4 is 0 Å². The molecule has 0 aliphatic carbocycles. The lowest BCUT2D eigenvalue weighted by molar-refractivity contribution is 0.629. The monoisotopic (exact) mass is 275 g/mol. The number of hydrogen-bond acceptors (Lipinski definition) is 0. The van der Waals surface area contributed by atoms with Crippen LogP contribution in [0.2, 0.25) is 0 Å². The largest absolute Gasteiger partial charge is 0.0654 e. The molecule has 0 aliphatic rings. The van der Waals surface area contributed by atoms with E-state index in [0.29, 0.717) is 5.92 Å². The van der Waals surface area contributed by atoms with E-state index in [1.165, 1.54) is 52.8 Å². The van der Waals surface area contributed by atoms with Gasteiger partial charge in [0.05, 0.1) is 0 Å². The van der Waals surface area contributed by atoms with Gasteiger partial charge >= 0.3 is 0 Å². The van der Waals surface area contributed by atoms with Crippen LogP contribution in [0, 0.1) is 6.92 Å². The normalized spacial score (nSPS) is 12.9. The van der Waals surface area contributed by atoms with Crippen molar-refractivity contribution in [1.29, 1.82) is 0 Å². The van der Waals surface area contributed by atoms with Gasteiger partial charge in [0, 0.05) is 0 Å². The maximum atomic E-state index is 4.41. The smallest absolute Gasteiger partial charge is 0.0143 e. The minimum atomic E-state index is 0.390. The standard InChI is InChI=1S/C21H23/c1-3-4-5-9-16(2)20-13-8-12-19-14-17-10-6-7-11-18(17)15-21(19)20/h6-8,10-16H,2-5,9H2,1H3. The van der Waals surface area contributed by atoms with Gasteiger partial charge in [-0.15, -0.1) is 0 Å². The third kappa shape index (κ3) is 2.95. The van der Waals surface area contributed by atoms with Gasteiger partial charge in [-0.3, -0.25) is 0 Å². The summed E-state index contributed by atoms with van der Waals surface area (Å²) < 4.78 is 0. The van der Waals surface area contributed by atoms with E-state index in [1.54, 1.807) is 0 Å². The first-order valence-corrected chi connectivity index (χ1v) is 8.04. The van der Waals surface area contributed by atoms with Crippen molar-refractivity contribution in [3.63, 3.8) is 0 Å². The molecule has 21 heavy (non-hydrogen) atoms. The number of unbranched alkanes of at least 4 members (excludes halogenated alkanes) is 2. The van der Waals surface area contributed by atoms with E-state index in [-0.39, 0.29) is 0 Å². The molecule has 0 aliphatic heterocycles. The van der Waals surface area contributed by atoms with Crippen LogP contribution in [-0.4, -0.2) is 0 Å². The van der Waals surface area contributed by atoms with Crippen LogP contribution in [0.3, 0.4) is 0 Å². The van der Waals surface area contributed by atoms with Crippen molar-refractivity contribution in [3.05, 3.63) is 67.1 Å². The minimum Gasteiger partial charge on any atom is -0.0654 e. The Labute approximate surface area is 127 Å². The van der Waals surface area contributed by atoms with E-state index in [2.05, 4.69) is 68.4 Å². The topological polar surface area (TPSA) is 0 Å². The second-order valence-corrected chi connectivity index (χ2v) is 5.96. The summed E-state index contributed by atoms with van der Waals surface area (Å²) in [6, 6.07) is 19.9. The van der Waals surface area contributed by atoms with Gasteiger partial charge in [0.2, 0.25) is 0 Å². The molecule has 0 spiro atoms. The molecule has 0 amide bonds. The summed E-state index contributed by atoms with van der Waals surface area (Å²) in [4.78, 5) is 0. The number of rotatable bonds is 5. The Bertz CT molecular complexity index is 739. The number of benzene rings is 3. The molecule has 3 aromatic carbocycles. The zero-order chi connectivity index (χ0) is 14.7. The van der Waals surface area contributed by atoms with E-state index < -0.39 is 0 Å². The molecule has 3 aromatic rings. The summed E-state index contributed by atoms with van der Waals surface area (Å²) in [6.07, 6.45) is 5.03. The molecule has 0 bridgehead atoms. The maximum absolute atomic E-state index is 4.41. The summed E-state index contributed by atoms with van der Waals surface area (Å²) in [6.45, 7) is 6.66. The van der Waals surface area contributed by atoms with Crippen LogP contribution in [0.1, 0.15) is 44.1 Å². The van der Waals surface area contributed by atoms with Gasteiger partial charge in [0.1, 0.15) is 0 Å². The summed E-state index contributed by atoms with van der Waals surface area (Å²) in [5.41, 5.74) is 1.40. The van der Waals surface area contributed by atoms with Gasteiger partial charge in [-0.1, -0.05) is 68.7 Å². The van der Waals surface area contributed by atoms with E-state index in [1.807, 2.05) is 0 Å².